The zero-order valence-electron chi connectivity index (χ0n) is 9.64. The van der Waals surface area contributed by atoms with Crippen LogP contribution in [0.15, 0.2) is 6.20 Å². The van der Waals surface area contributed by atoms with E-state index in [2.05, 4.69) is 4.98 Å². The number of nitrogens with zero attached hydrogens (tertiary/aromatic N) is 2. The zero-order chi connectivity index (χ0) is 11.7. The van der Waals surface area contributed by atoms with Crippen LogP contribution in [-0.4, -0.2) is 28.9 Å². The molecule has 1 aromatic heterocycles. The Labute approximate surface area is 99.5 Å². The number of rotatable bonds is 3. The van der Waals surface area contributed by atoms with Crippen LogP contribution in [0.4, 0.5) is 0 Å². The molecule has 0 aliphatic carbocycles. The van der Waals surface area contributed by atoms with Gasteiger partial charge in [-0.05, 0) is 26.3 Å². The molecule has 5 heteroatoms. The van der Waals surface area contributed by atoms with Gasteiger partial charge in [0.05, 0.1) is 6.04 Å². The van der Waals surface area contributed by atoms with Crippen molar-refractivity contribution >= 4 is 17.2 Å². The average Bonchev–Trinajstić information content (AvgIpc) is 2.83. The van der Waals surface area contributed by atoms with Crippen molar-refractivity contribution in [2.75, 3.05) is 13.1 Å². The van der Waals surface area contributed by atoms with Gasteiger partial charge in [-0.1, -0.05) is 0 Å². The highest BCUT2D eigenvalue weighted by Crippen LogP contribution is 2.30. The molecule has 2 N–H and O–H groups in total. The Bertz CT molecular complexity index is 390. The third-order valence-corrected chi connectivity index (χ3v) is 4.12. The third-order valence-electron chi connectivity index (χ3n) is 3.04. The van der Waals surface area contributed by atoms with Crippen molar-refractivity contribution in [1.82, 2.24) is 9.88 Å². The molecule has 1 fully saturated rings. The minimum absolute atomic E-state index is 0.0859. The van der Waals surface area contributed by atoms with E-state index < -0.39 is 0 Å². The first-order valence-electron chi connectivity index (χ1n) is 5.53. The highest BCUT2D eigenvalue weighted by molar-refractivity contribution is 7.11. The quantitative estimate of drug-likeness (QED) is 0.865. The van der Waals surface area contributed by atoms with E-state index in [4.69, 9.17) is 5.73 Å². The zero-order valence-corrected chi connectivity index (χ0v) is 10.5. The highest BCUT2D eigenvalue weighted by Gasteiger charge is 2.33. The van der Waals surface area contributed by atoms with Crippen LogP contribution in [0.25, 0.3) is 0 Å². The van der Waals surface area contributed by atoms with E-state index in [0.717, 1.165) is 11.6 Å². The molecule has 16 heavy (non-hydrogen) atoms. The summed E-state index contributed by atoms with van der Waals surface area (Å²) in [6.07, 6.45) is 2.45. The smallest absolute Gasteiger partial charge is 0.223 e. The molecule has 2 rings (SSSR count). The maximum Gasteiger partial charge on any atom is 0.223 e. The molecule has 0 bridgehead atoms. The Balaban J connectivity index is 2.10. The molecule has 4 nitrogen and oxygen atoms in total. The molecular weight excluding hydrogens is 222 g/mol. The van der Waals surface area contributed by atoms with Gasteiger partial charge in [0.25, 0.3) is 0 Å². The molecule has 1 aliphatic rings. The first-order chi connectivity index (χ1) is 7.61. The molecule has 1 amide bonds. The van der Waals surface area contributed by atoms with Crippen molar-refractivity contribution in [2.45, 2.75) is 26.3 Å². The van der Waals surface area contributed by atoms with Gasteiger partial charge in [0.1, 0.15) is 5.01 Å². The maximum atomic E-state index is 11.8. The first-order valence-corrected chi connectivity index (χ1v) is 6.35. The average molecular weight is 239 g/mol. The lowest BCUT2D eigenvalue weighted by atomic mass is 10.1. The molecule has 2 atom stereocenters. The second-order valence-corrected chi connectivity index (χ2v) is 5.60. The minimum atomic E-state index is 0.0859. The number of likely N-dealkylation sites (tertiary alicyclic amines) is 1. The highest BCUT2D eigenvalue weighted by atomic mass is 32.1. The van der Waals surface area contributed by atoms with Crippen LogP contribution in [0.5, 0.6) is 0 Å². The van der Waals surface area contributed by atoms with Crippen molar-refractivity contribution in [3.05, 3.63) is 16.1 Å². The van der Waals surface area contributed by atoms with Gasteiger partial charge in [-0.3, -0.25) is 4.79 Å². The molecule has 88 valence electrons. The van der Waals surface area contributed by atoms with E-state index >= 15 is 0 Å². The van der Waals surface area contributed by atoms with E-state index in [-0.39, 0.29) is 11.9 Å². The Kier molecular flexibility index (Phi) is 3.25. The van der Waals surface area contributed by atoms with Crippen LogP contribution in [0.2, 0.25) is 0 Å². The number of nitrogens with two attached hydrogens (primary N) is 1. The summed E-state index contributed by atoms with van der Waals surface area (Å²) in [6, 6.07) is 0.0859. The van der Waals surface area contributed by atoms with Gasteiger partial charge in [-0.25, -0.2) is 4.98 Å². The first kappa shape index (κ1) is 11.5. The summed E-state index contributed by atoms with van der Waals surface area (Å²) in [5.41, 5.74) is 5.61. The van der Waals surface area contributed by atoms with E-state index in [0.29, 0.717) is 18.9 Å². The fourth-order valence-corrected chi connectivity index (χ4v) is 2.88. The van der Waals surface area contributed by atoms with Crippen LogP contribution in [0, 0.1) is 12.8 Å². The standard InChI is InChI=1S/C11H17N3OS/c1-7-5-13-11(16-7)8(2)14-6-9(4-12)3-10(14)15/h5,8-9H,3-4,6,12H2,1-2H3. The number of carbonyl (C=O) groups excluding carboxylic acids is 1. The number of aryl methyl sites for hydroxylation is 1. The Morgan fingerprint density at radius 1 is 1.75 bits per heavy atom. The summed E-state index contributed by atoms with van der Waals surface area (Å²) in [5.74, 6) is 0.520. The molecule has 1 saturated heterocycles. The van der Waals surface area contributed by atoms with Crippen LogP contribution in [0.3, 0.4) is 0 Å². The molecule has 0 radical (unpaired) electrons. The molecule has 0 spiro atoms. The van der Waals surface area contributed by atoms with Crippen molar-refractivity contribution in [2.24, 2.45) is 11.7 Å². The predicted molar refractivity (Wildman–Crippen MR) is 64.1 cm³/mol. The fraction of sp³-hybridized carbons (Fsp3) is 0.636. The van der Waals surface area contributed by atoms with Gasteiger partial charge in [0.15, 0.2) is 0 Å². The normalized spacial score (nSPS) is 22.8. The van der Waals surface area contributed by atoms with Crippen molar-refractivity contribution in [3.8, 4) is 0 Å². The predicted octanol–water partition coefficient (Wildman–Crippen LogP) is 1.32. The number of thiazole rings is 1. The SMILES string of the molecule is Cc1cnc(C(C)N2CC(CN)CC2=O)s1. The van der Waals surface area contributed by atoms with Gasteiger partial charge in [-0.2, -0.15) is 0 Å². The summed E-state index contributed by atoms with van der Waals surface area (Å²) < 4.78 is 0. The summed E-state index contributed by atoms with van der Waals surface area (Å²) >= 11 is 1.66. The topological polar surface area (TPSA) is 59.2 Å². The number of amides is 1. The van der Waals surface area contributed by atoms with Crippen LogP contribution < -0.4 is 5.73 Å². The number of carbonyl (C=O) groups is 1. The maximum absolute atomic E-state index is 11.8. The summed E-state index contributed by atoms with van der Waals surface area (Å²) in [7, 11) is 0. The van der Waals surface area contributed by atoms with E-state index in [1.165, 1.54) is 4.88 Å². The summed E-state index contributed by atoms with van der Waals surface area (Å²) in [4.78, 5) is 19.2. The Morgan fingerprint density at radius 2 is 2.50 bits per heavy atom. The number of hydrogen-bond donors (Lipinski definition) is 1. The molecular formula is C11H17N3OS. The molecule has 1 aromatic rings. The molecule has 0 aromatic carbocycles. The van der Waals surface area contributed by atoms with E-state index in [1.807, 2.05) is 24.9 Å². The van der Waals surface area contributed by atoms with Gasteiger partial charge >= 0.3 is 0 Å². The molecule has 2 unspecified atom stereocenters. The molecule has 0 saturated carbocycles. The molecule has 2 heterocycles. The van der Waals surface area contributed by atoms with Gasteiger partial charge in [0, 0.05) is 24.0 Å². The Morgan fingerprint density at radius 3 is 3.00 bits per heavy atom. The second-order valence-electron chi connectivity index (χ2n) is 4.34. The van der Waals surface area contributed by atoms with Crippen LogP contribution >= 0.6 is 11.3 Å². The van der Waals surface area contributed by atoms with Gasteiger partial charge in [-0.15, -0.1) is 11.3 Å². The Hall–Kier alpha value is -0.940. The minimum Gasteiger partial charge on any atom is -0.333 e. The van der Waals surface area contributed by atoms with Crippen molar-refractivity contribution < 1.29 is 4.79 Å². The fourth-order valence-electron chi connectivity index (χ4n) is 2.04. The summed E-state index contributed by atoms with van der Waals surface area (Å²) in [5, 5.41) is 1.02. The monoisotopic (exact) mass is 239 g/mol. The van der Waals surface area contributed by atoms with Crippen molar-refractivity contribution in [1.29, 1.82) is 0 Å². The van der Waals surface area contributed by atoms with Crippen LogP contribution in [-0.2, 0) is 4.79 Å². The second kappa shape index (κ2) is 4.51. The van der Waals surface area contributed by atoms with Crippen molar-refractivity contribution in [3.63, 3.8) is 0 Å². The number of aromatic nitrogens is 1. The lowest BCUT2D eigenvalue weighted by molar-refractivity contribution is -0.129. The third kappa shape index (κ3) is 2.10. The van der Waals surface area contributed by atoms with Gasteiger partial charge in [0.2, 0.25) is 5.91 Å². The largest absolute Gasteiger partial charge is 0.333 e. The van der Waals surface area contributed by atoms with E-state index in [9.17, 15) is 4.79 Å². The summed E-state index contributed by atoms with van der Waals surface area (Å²) in [6.45, 7) is 5.43. The van der Waals surface area contributed by atoms with Gasteiger partial charge < -0.3 is 10.6 Å². The van der Waals surface area contributed by atoms with E-state index in [1.54, 1.807) is 11.3 Å². The number of hydrogen-bond acceptors (Lipinski definition) is 4. The lowest BCUT2D eigenvalue weighted by Crippen LogP contribution is -2.29. The molecule has 1 aliphatic heterocycles. The lowest BCUT2D eigenvalue weighted by Gasteiger charge is -2.22. The van der Waals surface area contributed by atoms with Crippen LogP contribution in [0.1, 0.15) is 29.3 Å².